The molecule has 2 N–H and O–H groups in total. The summed E-state index contributed by atoms with van der Waals surface area (Å²) in [6.07, 6.45) is 0. The molecule has 1 aromatic heterocycles. The van der Waals surface area contributed by atoms with Gasteiger partial charge in [0.05, 0.1) is 29.4 Å². The lowest BCUT2D eigenvalue weighted by molar-refractivity contribution is 0.417. The zero-order chi connectivity index (χ0) is 14.1. The number of hydrogen-bond donors (Lipinski definition) is 1. The molecular weight excluding hydrogens is 272 g/mol. The number of ether oxygens (including phenoxy) is 1. The first-order valence-corrected chi connectivity index (χ1v) is 6.97. The van der Waals surface area contributed by atoms with E-state index in [4.69, 9.17) is 10.5 Å². The van der Waals surface area contributed by atoms with E-state index in [-0.39, 0.29) is 5.56 Å². The van der Waals surface area contributed by atoms with Crippen molar-refractivity contribution in [1.82, 2.24) is 3.96 Å². The Balaban J connectivity index is 1.99. The van der Waals surface area contributed by atoms with Crippen molar-refractivity contribution < 1.29 is 4.74 Å². The average molecular weight is 286 g/mol. The minimum atomic E-state index is 0.0417. The lowest BCUT2D eigenvalue weighted by Gasteiger charge is -2.07. The molecule has 0 saturated carbocycles. The van der Waals surface area contributed by atoms with Crippen LogP contribution in [-0.2, 0) is 6.54 Å². The fraction of sp³-hybridized carbons (Fsp3) is 0.133. The van der Waals surface area contributed by atoms with Crippen molar-refractivity contribution >= 4 is 27.3 Å². The Morgan fingerprint density at radius 2 is 2.05 bits per heavy atom. The van der Waals surface area contributed by atoms with E-state index in [2.05, 4.69) is 0 Å². The molecular formula is C15H14N2O2S. The fourth-order valence-electron chi connectivity index (χ4n) is 2.17. The van der Waals surface area contributed by atoms with E-state index in [1.807, 2.05) is 42.5 Å². The molecule has 0 fully saturated rings. The first kappa shape index (κ1) is 12.7. The van der Waals surface area contributed by atoms with Crippen LogP contribution in [0.2, 0.25) is 0 Å². The first-order valence-electron chi connectivity index (χ1n) is 6.20. The maximum absolute atomic E-state index is 12.3. The first-order chi connectivity index (χ1) is 9.69. The highest BCUT2D eigenvalue weighted by molar-refractivity contribution is 7.13. The number of benzene rings is 2. The zero-order valence-electron chi connectivity index (χ0n) is 11.0. The Bertz CT molecular complexity index is 820. The summed E-state index contributed by atoms with van der Waals surface area (Å²) in [7, 11) is 1.59. The quantitative estimate of drug-likeness (QED) is 0.753. The Morgan fingerprint density at radius 1 is 1.25 bits per heavy atom. The summed E-state index contributed by atoms with van der Waals surface area (Å²) in [4.78, 5) is 12.3. The van der Waals surface area contributed by atoms with Crippen LogP contribution in [0.5, 0.6) is 5.75 Å². The van der Waals surface area contributed by atoms with Crippen molar-refractivity contribution in [2.45, 2.75) is 6.54 Å². The monoisotopic (exact) mass is 286 g/mol. The molecule has 4 nitrogen and oxygen atoms in total. The van der Waals surface area contributed by atoms with Gasteiger partial charge in [-0.15, -0.1) is 0 Å². The van der Waals surface area contributed by atoms with Crippen LogP contribution in [-0.4, -0.2) is 11.1 Å². The summed E-state index contributed by atoms with van der Waals surface area (Å²) in [5.41, 5.74) is 7.50. The Labute approximate surface area is 120 Å². The molecule has 1 heterocycles. The molecule has 5 heteroatoms. The van der Waals surface area contributed by atoms with Crippen LogP contribution >= 0.6 is 11.5 Å². The van der Waals surface area contributed by atoms with Gasteiger partial charge in [-0.05, 0) is 29.8 Å². The second-order valence-corrected chi connectivity index (χ2v) is 5.57. The van der Waals surface area contributed by atoms with Gasteiger partial charge < -0.3 is 10.5 Å². The molecule has 3 aromatic rings. The Kier molecular flexibility index (Phi) is 3.20. The standard InChI is InChI=1S/C15H14N2O2S/c1-19-13-7-6-10(8-12(13)16)9-17-15(18)11-4-2-3-5-14(11)20-17/h2-8H,9,16H2,1H3. The normalized spacial score (nSPS) is 10.8. The molecule has 102 valence electrons. The summed E-state index contributed by atoms with van der Waals surface area (Å²) < 4.78 is 7.87. The van der Waals surface area contributed by atoms with E-state index in [1.165, 1.54) is 11.5 Å². The largest absolute Gasteiger partial charge is 0.495 e. The molecule has 20 heavy (non-hydrogen) atoms. The maximum atomic E-state index is 12.3. The van der Waals surface area contributed by atoms with Gasteiger partial charge in [0.2, 0.25) is 0 Å². The maximum Gasteiger partial charge on any atom is 0.268 e. The van der Waals surface area contributed by atoms with E-state index in [0.29, 0.717) is 18.0 Å². The topological polar surface area (TPSA) is 57.2 Å². The van der Waals surface area contributed by atoms with Crippen LogP contribution in [0.4, 0.5) is 5.69 Å². The predicted molar refractivity (Wildman–Crippen MR) is 82.6 cm³/mol. The van der Waals surface area contributed by atoms with Crippen LogP contribution in [0.1, 0.15) is 5.56 Å². The fourth-order valence-corrected chi connectivity index (χ4v) is 3.19. The lowest BCUT2D eigenvalue weighted by atomic mass is 10.2. The van der Waals surface area contributed by atoms with E-state index < -0.39 is 0 Å². The van der Waals surface area contributed by atoms with Gasteiger partial charge in [-0.2, -0.15) is 0 Å². The smallest absolute Gasteiger partial charge is 0.268 e. The Hall–Kier alpha value is -2.27. The second kappa shape index (κ2) is 5.02. The Morgan fingerprint density at radius 3 is 2.75 bits per heavy atom. The van der Waals surface area contributed by atoms with Gasteiger partial charge >= 0.3 is 0 Å². The van der Waals surface area contributed by atoms with Crippen LogP contribution in [0.15, 0.2) is 47.3 Å². The highest BCUT2D eigenvalue weighted by Crippen LogP contribution is 2.23. The molecule has 0 amide bonds. The second-order valence-electron chi connectivity index (χ2n) is 4.51. The molecule has 0 radical (unpaired) electrons. The van der Waals surface area contributed by atoms with Gasteiger partial charge in [0.15, 0.2) is 0 Å². The number of hydrogen-bond acceptors (Lipinski definition) is 4. The highest BCUT2D eigenvalue weighted by atomic mass is 32.1. The van der Waals surface area contributed by atoms with E-state index in [0.717, 1.165) is 15.6 Å². The van der Waals surface area contributed by atoms with Crippen LogP contribution in [0, 0.1) is 0 Å². The summed E-state index contributed by atoms with van der Waals surface area (Å²) in [6.45, 7) is 0.520. The average Bonchev–Trinajstić information content (AvgIpc) is 2.76. The summed E-state index contributed by atoms with van der Waals surface area (Å²) in [5.74, 6) is 0.650. The number of nitrogen functional groups attached to an aromatic ring is 1. The van der Waals surface area contributed by atoms with E-state index in [1.54, 1.807) is 11.1 Å². The van der Waals surface area contributed by atoms with Crippen molar-refractivity contribution in [2.24, 2.45) is 0 Å². The summed E-state index contributed by atoms with van der Waals surface area (Å²) in [6, 6.07) is 13.2. The third-order valence-electron chi connectivity index (χ3n) is 3.17. The van der Waals surface area contributed by atoms with E-state index >= 15 is 0 Å². The van der Waals surface area contributed by atoms with Crippen molar-refractivity contribution in [2.75, 3.05) is 12.8 Å². The van der Waals surface area contributed by atoms with Crippen molar-refractivity contribution in [1.29, 1.82) is 0 Å². The van der Waals surface area contributed by atoms with Gasteiger partial charge in [-0.25, -0.2) is 0 Å². The predicted octanol–water partition coefficient (Wildman–Crippen LogP) is 2.70. The minimum absolute atomic E-state index is 0.0417. The van der Waals surface area contributed by atoms with Crippen LogP contribution in [0.25, 0.3) is 10.1 Å². The van der Waals surface area contributed by atoms with Crippen molar-refractivity contribution in [3.63, 3.8) is 0 Å². The van der Waals surface area contributed by atoms with E-state index in [9.17, 15) is 4.79 Å². The number of anilines is 1. The van der Waals surface area contributed by atoms with Gasteiger partial charge in [-0.1, -0.05) is 29.7 Å². The summed E-state index contributed by atoms with van der Waals surface area (Å²) >= 11 is 1.47. The minimum Gasteiger partial charge on any atom is -0.495 e. The van der Waals surface area contributed by atoms with Crippen LogP contribution in [0.3, 0.4) is 0 Å². The molecule has 0 aliphatic rings. The number of fused-ring (bicyclic) bond motifs is 1. The SMILES string of the molecule is COc1ccc(Cn2sc3ccccc3c2=O)cc1N. The third-order valence-corrected chi connectivity index (χ3v) is 4.24. The molecule has 3 rings (SSSR count). The molecule has 0 unspecified atom stereocenters. The summed E-state index contributed by atoms with van der Waals surface area (Å²) in [5, 5.41) is 0.763. The van der Waals surface area contributed by atoms with Crippen LogP contribution < -0.4 is 16.0 Å². The molecule has 0 aliphatic carbocycles. The zero-order valence-corrected chi connectivity index (χ0v) is 11.8. The molecule has 0 saturated heterocycles. The molecule has 2 aromatic carbocycles. The number of aromatic nitrogens is 1. The van der Waals surface area contributed by atoms with Crippen molar-refractivity contribution in [3.05, 3.63) is 58.4 Å². The molecule has 0 aliphatic heterocycles. The van der Waals surface area contributed by atoms with Crippen molar-refractivity contribution in [3.8, 4) is 5.75 Å². The third kappa shape index (κ3) is 2.16. The van der Waals surface area contributed by atoms with Gasteiger partial charge in [0.1, 0.15) is 5.75 Å². The van der Waals surface area contributed by atoms with Gasteiger partial charge in [-0.3, -0.25) is 8.75 Å². The van der Waals surface area contributed by atoms with Gasteiger partial charge in [0.25, 0.3) is 5.56 Å². The highest BCUT2D eigenvalue weighted by Gasteiger charge is 2.08. The molecule has 0 atom stereocenters. The van der Waals surface area contributed by atoms with Gasteiger partial charge in [0, 0.05) is 0 Å². The molecule has 0 spiro atoms. The number of nitrogens with zero attached hydrogens (tertiary/aromatic N) is 1. The molecule has 0 bridgehead atoms. The number of rotatable bonds is 3. The number of methoxy groups -OCH3 is 1. The number of nitrogens with two attached hydrogens (primary N) is 1. The lowest BCUT2D eigenvalue weighted by Crippen LogP contribution is -2.13.